The summed E-state index contributed by atoms with van der Waals surface area (Å²) in [5, 5.41) is 0. The van der Waals surface area contributed by atoms with Gasteiger partial charge in [-0.1, -0.05) is 36.4 Å². The Labute approximate surface area is 178 Å². The molecule has 1 saturated heterocycles. The second kappa shape index (κ2) is 11.5. The molecule has 30 heavy (non-hydrogen) atoms. The smallest absolute Gasteiger partial charge is 0.223 e. The van der Waals surface area contributed by atoms with Crippen molar-refractivity contribution in [1.82, 2.24) is 4.90 Å². The highest BCUT2D eigenvalue weighted by Crippen LogP contribution is 2.19. The number of rotatable bonds is 11. The molecular weight excluding hydrogens is 381 g/mol. The van der Waals surface area contributed by atoms with Crippen molar-refractivity contribution in [2.24, 2.45) is 0 Å². The van der Waals surface area contributed by atoms with Gasteiger partial charge >= 0.3 is 0 Å². The number of allylic oxidation sites excluding steroid dienone is 1. The summed E-state index contributed by atoms with van der Waals surface area (Å²) in [5.41, 5.74) is 1.65. The molecule has 1 fully saturated rings. The van der Waals surface area contributed by atoms with E-state index in [0.29, 0.717) is 44.5 Å². The molecule has 1 heterocycles. The second-order valence-electron chi connectivity index (χ2n) is 7.57. The van der Waals surface area contributed by atoms with Gasteiger partial charge in [-0.3, -0.25) is 4.79 Å². The van der Waals surface area contributed by atoms with E-state index < -0.39 is 0 Å². The predicted molar refractivity (Wildman–Crippen MR) is 116 cm³/mol. The molecule has 2 aromatic carbocycles. The zero-order chi connectivity index (χ0) is 21.2. The van der Waals surface area contributed by atoms with Crippen molar-refractivity contribution in [1.29, 1.82) is 0 Å². The lowest BCUT2D eigenvalue weighted by Crippen LogP contribution is -2.36. The molecule has 2 aromatic rings. The van der Waals surface area contributed by atoms with Gasteiger partial charge in [-0.25, -0.2) is 4.39 Å². The van der Waals surface area contributed by atoms with Gasteiger partial charge in [0.2, 0.25) is 5.91 Å². The first kappa shape index (κ1) is 22.0. The SMILES string of the molecule is C=CCCC(=O)N(Cc1cccc(OCCc2ccccc2F)c1)C[C@@H]1CCCO1. The Kier molecular flexibility index (Phi) is 8.45. The Morgan fingerprint density at radius 3 is 2.90 bits per heavy atom. The van der Waals surface area contributed by atoms with Gasteiger partial charge in [0.15, 0.2) is 0 Å². The molecule has 3 rings (SSSR count). The van der Waals surface area contributed by atoms with Gasteiger partial charge in [-0.2, -0.15) is 0 Å². The maximum Gasteiger partial charge on any atom is 0.223 e. The molecule has 1 aliphatic rings. The first-order valence-electron chi connectivity index (χ1n) is 10.6. The fraction of sp³-hybridized carbons (Fsp3) is 0.400. The number of carbonyl (C=O) groups excluding carboxylic acids is 1. The third kappa shape index (κ3) is 6.70. The van der Waals surface area contributed by atoms with E-state index in [0.717, 1.165) is 30.8 Å². The molecule has 0 bridgehead atoms. The van der Waals surface area contributed by atoms with Gasteiger partial charge < -0.3 is 14.4 Å². The third-order valence-corrected chi connectivity index (χ3v) is 5.23. The highest BCUT2D eigenvalue weighted by Gasteiger charge is 2.22. The molecule has 0 saturated carbocycles. The third-order valence-electron chi connectivity index (χ3n) is 5.23. The van der Waals surface area contributed by atoms with Crippen LogP contribution < -0.4 is 4.74 Å². The molecule has 0 aromatic heterocycles. The first-order chi connectivity index (χ1) is 14.7. The molecule has 4 nitrogen and oxygen atoms in total. The normalized spacial score (nSPS) is 15.7. The molecule has 0 spiro atoms. The molecular formula is C25H30FNO3. The van der Waals surface area contributed by atoms with Crippen molar-refractivity contribution in [3.05, 3.63) is 78.1 Å². The Bertz CT molecular complexity index is 833. The quantitative estimate of drug-likeness (QED) is 0.493. The van der Waals surface area contributed by atoms with Crippen LogP contribution in [0.4, 0.5) is 4.39 Å². The first-order valence-corrected chi connectivity index (χ1v) is 10.6. The minimum Gasteiger partial charge on any atom is -0.493 e. The summed E-state index contributed by atoms with van der Waals surface area (Å²) in [7, 11) is 0. The van der Waals surface area contributed by atoms with Gasteiger partial charge in [0.05, 0.1) is 12.7 Å². The van der Waals surface area contributed by atoms with Gasteiger partial charge in [-0.05, 0) is 48.6 Å². The lowest BCUT2D eigenvalue weighted by molar-refractivity contribution is -0.133. The lowest BCUT2D eigenvalue weighted by Gasteiger charge is -2.26. The highest BCUT2D eigenvalue weighted by atomic mass is 19.1. The molecule has 1 amide bonds. The van der Waals surface area contributed by atoms with Gasteiger partial charge in [0, 0.05) is 32.5 Å². The Balaban J connectivity index is 1.59. The minimum absolute atomic E-state index is 0.108. The van der Waals surface area contributed by atoms with E-state index in [2.05, 4.69) is 6.58 Å². The number of hydrogen-bond acceptors (Lipinski definition) is 3. The maximum absolute atomic E-state index is 13.7. The van der Waals surface area contributed by atoms with E-state index in [1.54, 1.807) is 18.2 Å². The highest BCUT2D eigenvalue weighted by molar-refractivity contribution is 5.76. The summed E-state index contributed by atoms with van der Waals surface area (Å²) >= 11 is 0. The van der Waals surface area contributed by atoms with Crippen molar-refractivity contribution in [2.75, 3.05) is 19.8 Å². The van der Waals surface area contributed by atoms with Crippen LogP contribution in [0.5, 0.6) is 5.75 Å². The Morgan fingerprint density at radius 2 is 2.13 bits per heavy atom. The van der Waals surface area contributed by atoms with Crippen LogP contribution in [0, 0.1) is 5.82 Å². The fourth-order valence-corrected chi connectivity index (χ4v) is 3.61. The van der Waals surface area contributed by atoms with Crippen molar-refractivity contribution in [3.63, 3.8) is 0 Å². The Morgan fingerprint density at radius 1 is 1.27 bits per heavy atom. The summed E-state index contributed by atoms with van der Waals surface area (Å²) in [6.45, 7) is 5.99. The van der Waals surface area contributed by atoms with Crippen molar-refractivity contribution in [2.45, 2.75) is 44.8 Å². The van der Waals surface area contributed by atoms with E-state index in [1.165, 1.54) is 6.07 Å². The molecule has 0 N–H and O–H groups in total. The van der Waals surface area contributed by atoms with E-state index >= 15 is 0 Å². The number of carbonyl (C=O) groups is 1. The van der Waals surface area contributed by atoms with E-state index in [4.69, 9.17) is 9.47 Å². The average molecular weight is 412 g/mol. The minimum atomic E-state index is -0.210. The number of nitrogens with zero attached hydrogens (tertiary/aromatic N) is 1. The zero-order valence-corrected chi connectivity index (χ0v) is 17.4. The number of benzene rings is 2. The molecule has 0 aliphatic carbocycles. The summed E-state index contributed by atoms with van der Waals surface area (Å²) < 4.78 is 25.3. The van der Waals surface area contributed by atoms with Crippen molar-refractivity contribution in [3.8, 4) is 5.75 Å². The van der Waals surface area contributed by atoms with Crippen LogP contribution in [0.1, 0.15) is 36.8 Å². The molecule has 5 heteroatoms. The maximum atomic E-state index is 13.7. The van der Waals surface area contributed by atoms with Crippen LogP contribution in [0.2, 0.25) is 0 Å². The van der Waals surface area contributed by atoms with E-state index in [-0.39, 0.29) is 17.8 Å². The largest absolute Gasteiger partial charge is 0.493 e. The van der Waals surface area contributed by atoms with Crippen LogP contribution in [0.15, 0.2) is 61.2 Å². The topological polar surface area (TPSA) is 38.8 Å². The van der Waals surface area contributed by atoms with Gasteiger partial charge in [-0.15, -0.1) is 6.58 Å². The predicted octanol–water partition coefficient (Wildman–Crippen LogP) is 4.92. The standard InChI is InChI=1S/C25H30FNO3/c1-2-3-13-25(28)27(19-23-11-7-15-29-23)18-20-8-6-10-22(17-20)30-16-14-21-9-4-5-12-24(21)26/h2,4-6,8-10,12,17,23H,1,3,7,11,13-16,18-19H2/t23-/m0/s1. The lowest BCUT2D eigenvalue weighted by atomic mass is 10.1. The van der Waals surface area contributed by atoms with Gasteiger partial charge in [0.1, 0.15) is 11.6 Å². The van der Waals surface area contributed by atoms with Crippen LogP contribution in [-0.4, -0.2) is 36.7 Å². The van der Waals surface area contributed by atoms with Crippen LogP contribution in [0.3, 0.4) is 0 Å². The van der Waals surface area contributed by atoms with E-state index in [9.17, 15) is 9.18 Å². The number of hydrogen-bond donors (Lipinski definition) is 0. The molecule has 0 radical (unpaired) electrons. The van der Waals surface area contributed by atoms with Crippen molar-refractivity contribution >= 4 is 5.91 Å². The average Bonchev–Trinajstić information content (AvgIpc) is 3.26. The van der Waals surface area contributed by atoms with Crippen LogP contribution in [0.25, 0.3) is 0 Å². The molecule has 1 atom stereocenters. The number of amides is 1. The monoisotopic (exact) mass is 411 g/mol. The number of ether oxygens (including phenoxy) is 2. The molecule has 0 unspecified atom stereocenters. The zero-order valence-electron chi connectivity index (χ0n) is 17.4. The van der Waals surface area contributed by atoms with E-state index in [1.807, 2.05) is 35.2 Å². The second-order valence-corrected chi connectivity index (χ2v) is 7.57. The van der Waals surface area contributed by atoms with Gasteiger partial charge in [0.25, 0.3) is 0 Å². The van der Waals surface area contributed by atoms with Crippen molar-refractivity contribution < 1.29 is 18.7 Å². The Hall–Kier alpha value is -2.66. The summed E-state index contributed by atoms with van der Waals surface area (Å²) in [6, 6.07) is 14.5. The summed E-state index contributed by atoms with van der Waals surface area (Å²) in [6.07, 6.45) is 5.54. The molecule has 160 valence electrons. The number of halogens is 1. The molecule has 1 aliphatic heterocycles. The van der Waals surface area contributed by atoms with Crippen LogP contribution in [-0.2, 0) is 22.5 Å². The summed E-state index contributed by atoms with van der Waals surface area (Å²) in [5.74, 6) is 0.619. The fourth-order valence-electron chi connectivity index (χ4n) is 3.61. The van der Waals surface area contributed by atoms with Crippen LogP contribution >= 0.6 is 0 Å². The summed E-state index contributed by atoms with van der Waals surface area (Å²) in [4.78, 5) is 14.6.